The van der Waals surface area contributed by atoms with Gasteiger partial charge in [-0.1, -0.05) is 11.6 Å². The lowest BCUT2D eigenvalue weighted by molar-refractivity contribution is -0.117. The monoisotopic (exact) mass is 354 g/mol. The Morgan fingerprint density at radius 3 is 2.70 bits per heavy atom. The van der Waals surface area contributed by atoms with Crippen LogP contribution in [0.15, 0.2) is 16.9 Å². The van der Waals surface area contributed by atoms with E-state index in [1.54, 1.807) is 19.4 Å². The molecule has 1 fully saturated rings. The van der Waals surface area contributed by atoms with Crippen LogP contribution in [0.1, 0.15) is 12.8 Å². The Balaban J connectivity index is 2.09. The summed E-state index contributed by atoms with van der Waals surface area (Å²) >= 11 is 9.82. The molecule has 0 saturated heterocycles. The van der Waals surface area contributed by atoms with E-state index >= 15 is 0 Å². The molecule has 20 heavy (non-hydrogen) atoms. The van der Waals surface area contributed by atoms with Gasteiger partial charge in [0.15, 0.2) is 5.82 Å². The fourth-order valence-corrected chi connectivity index (χ4v) is 2.93. The number of fused-ring (bicyclic) bond motifs is 1. The molecule has 0 spiro atoms. The molecule has 5 nitrogen and oxygen atoms in total. The predicted molar refractivity (Wildman–Crippen MR) is 83.1 cm³/mol. The van der Waals surface area contributed by atoms with E-state index in [0.29, 0.717) is 16.7 Å². The predicted octanol–water partition coefficient (Wildman–Crippen LogP) is 3.44. The van der Waals surface area contributed by atoms with Gasteiger partial charge in [-0.25, -0.2) is 9.97 Å². The van der Waals surface area contributed by atoms with Crippen molar-refractivity contribution in [1.82, 2.24) is 9.97 Å². The summed E-state index contributed by atoms with van der Waals surface area (Å²) in [5.74, 6) is 1.18. The molecule has 1 amide bonds. The number of nitrogens with zero attached hydrogens (tertiary/aromatic N) is 2. The lowest BCUT2D eigenvalue weighted by Gasteiger charge is -2.11. The maximum absolute atomic E-state index is 11.8. The highest BCUT2D eigenvalue weighted by molar-refractivity contribution is 9.10. The molecule has 0 aliphatic heterocycles. The summed E-state index contributed by atoms with van der Waals surface area (Å²) in [6, 6.07) is 0. The molecule has 104 valence electrons. The number of halogens is 2. The van der Waals surface area contributed by atoms with E-state index < -0.39 is 0 Å². The molecular weight excluding hydrogens is 344 g/mol. The first-order chi connectivity index (χ1) is 9.61. The van der Waals surface area contributed by atoms with E-state index in [1.807, 2.05) is 0 Å². The third kappa shape index (κ3) is 2.33. The fraction of sp³-hybridized carbons (Fsp3) is 0.308. The first kappa shape index (κ1) is 13.6. The number of rotatable bonds is 3. The number of aromatic nitrogens is 2. The lowest BCUT2D eigenvalue weighted by atomic mass is 10.2. The molecule has 2 aromatic heterocycles. The molecule has 2 aromatic rings. The smallest absolute Gasteiger partial charge is 0.228 e. The lowest BCUT2D eigenvalue weighted by Crippen LogP contribution is -2.14. The Bertz CT molecular complexity index is 702. The van der Waals surface area contributed by atoms with Crippen molar-refractivity contribution < 1.29 is 4.79 Å². The van der Waals surface area contributed by atoms with Gasteiger partial charge in [-0.15, -0.1) is 0 Å². The molecule has 0 bridgehead atoms. The van der Waals surface area contributed by atoms with Crippen LogP contribution in [0.3, 0.4) is 0 Å². The second-order valence-corrected chi connectivity index (χ2v) is 5.91. The minimum atomic E-state index is -0.0160. The molecule has 0 atom stereocenters. The van der Waals surface area contributed by atoms with Crippen molar-refractivity contribution >= 4 is 55.8 Å². The molecule has 7 heteroatoms. The van der Waals surface area contributed by atoms with Crippen LogP contribution >= 0.6 is 27.5 Å². The number of amides is 1. The summed E-state index contributed by atoms with van der Waals surface area (Å²) in [6.45, 7) is 0. The molecule has 0 radical (unpaired) electrons. The second-order valence-electron chi connectivity index (χ2n) is 4.68. The Labute approximate surface area is 129 Å². The summed E-state index contributed by atoms with van der Waals surface area (Å²) in [5, 5.41) is 7.79. The Hall–Kier alpha value is -1.40. The third-order valence-corrected chi connectivity index (χ3v) is 4.22. The molecule has 2 heterocycles. The van der Waals surface area contributed by atoms with Crippen LogP contribution in [0, 0.1) is 5.92 Å². The number of carbonyl (C=O) groups is 1. The van der Waals surface area contributed by atoms with Crippen molar-refractivity contribution in [2.45, 2.75) is 12.8 Å². The zero-order chi connectivity index (χ0) is 14.3. The van der Waals surface area contributed by atoms with E-state index in [4.69, 9.17) is 11.6 Å². The number of hydrogen-bond donors (Lipinski definition) is 2. The van der Waals surface area contributed by atoms with E-state index in [1.165, 1.54) is 0 Å². The van der Waals surface area contributed by atoms with Crippen molar-refractivity contribution in [2.75, 3.05) is 17.7 Å². The van der Waals surface area contributed by atoms with Gasteiger partial charge < -0.3 is 10.6 Å². The van der Waals surface area contributed by atoms with Crippen LogP contribution in [0.2, 0.25) is 5.02 Å². The SMILES string of the molecule is CNc1ncc(Br)c2c(Cl)c(NC(=O)C3CC3)ncc12. The molecule has 1 aliphatic rings. The van der Waals surface area contributed by atoms with Gasteiger partial charge in [0.25, 0.3) is 0 Å². The van der Waals surface area contributed by atoms with Crippen molar-refractivity contribution in [2.24, 2.45) is 5.92 Å². The van der Waals surface area contributed by atoms with Gasteiger partial charge >= 0.3 is 0 Å². The summed E-state index contributed by atoms with van der Waals surface area (Å²) in [5.41, 5.74) is 0. The quantitative estimate of drug-likeness (QED) is 0.885. The van der Waals surface area contributed by atoms with Crippen molar-refractivity contribution in [3.8, 4) is 0 Å². The molecule has 1 aliphatic carbocycles. The number of anilines is 2. The Morgan fingerprint density at radius 2 is 2.05 bits per heavy atom. The van der Waals surface area contributed by atoms with Gasteiger partial charge in [-0.2, -0.15) is 0 Å². The van der Waals surface area contributed by atoms with Gasteiger partial charge in [0.1, 0.15) is 5.82 Å². The maximum atomic E-state index is 11.8. The molecular formula is C13H12BrClN4O. The van der Waals surface area contributed by atoms with Crippen LogP contribution in [-0.4, -0.2) is 22.9 Å². The molecule has 2 N–H and O–H groups in total. The van der Waals surface area contributed by atoms with Crippen LogP contribution in [0.5, 0.6) is 0 Å². The minimum absolute atomic E-state index is 0.0160. The first-order valence-corrected chi connectivity index (χ1v) is 7.40. The van der Waals surface area contributed by atoms with Crippen LogP contribution < -0.4 is 10.6 Å². The summed E-state index contributed by atoms with van der Waals surface area (Å²) in [4.78, 5) is 20.3. The molecule has 3 rings (SSSR count). The molecule has 0 aromatic carbocycles. The second kappa shape index (κ2) is 5.18. The summed E-state index contributed by atoms with van der Waals surface area (Å²) in [7, 11) is 1.78. The van der Waals surface area contributed by atoms with Crippen LogP contribution in [0.4, 0.5) is 11.6 Å². The van der Waals surface area contributed by atoms with Gasteiger partial charge in [0.2, 0.25) is 5.91 Å². The van der Waals surface area contributed by atoms with E-state index in [9.17, 15) is 4.79 Å². The highest BCUT2D eigenvalue weighted by Crippen LogP contribution is 2.37. The summed E-state index contributed by atoms with van der Waals surface area (Å²) in [6.07, 6.45) is 5.21. The van der Waals surface area contributed by atoms with Gasteiger partial charge in [-0.05, 0) is 28.8 Å². The zero-order valence-electron chi connectivity index (χ0n) is 10.7. The van der Waals surface area contributed by atoms with Crippen molar-refractivity contribution in [3.05, 3.63) is 21.9 Å². The first-order valence-electron chi connectivity index (χ1n) is 6.23. The van der Waals surface area contributed by atoms with E-state index in [0.717, 1.165) is 28.1 Å². The number of pyridine rings is 2. The fourth-order valence-electron chi connectivity index (χ4n) is 2.01. The topological polar surface area (TPSA) is 66.9 Å². The highest BCUT2D eigenvalue weighted by Gasteiger charge is 2.30. The van der Waals surface area contributed by atoms with Crippen molar-refractivity contribution in [3.63, 3.8) is 0 Å². The average Bonchev–Trinajstić information content (AvgIpc) is 3.26. The van der Waals surface area contributed by atoms with Crippen LogP contribution in [-0.2, 0) is 4.79 Å². The Kier molecular flexibility index (Phi) is 3.52. The van der Waals surface area contributed by atoms with Gasteiger partial charge in [0, 0.05) is 40.6 Å². The number of hydrogen-bond acceptors (Lipinski definition) is 4. The highest BCUT2D eigenvalue weighted by atomic mass is 79.9. The largest absolute Gasteiger partial charge is 0.373 e. The van der Waals surface area contributed by atoms with E-state index in [-0.39, 0.29) is 11.8 Å². The normalized spacial score (nSPS) is 14.3. The molecule has 0 unspecified atom stereocenters. The minimum Gasteiger partial charge on any atom is -0.373 e. The van der Waals surface area contributed by atoms with Crippen LogP contribution in [0.25, 0.3) is 10.8 Å². The number of carbonyl (C=O) groups excluding carboxylic acids is 1. The zero-order valence-corrected chi connectivity index (χ0v) is 13.0. The van der Waals surface area contributed by atoms with E-state index in [2.05, 4.69) is 36.5 Å². The maximum Gasteiger partial charge on any atom is 0.228 e. The molecule has 1 saturated carbocycles. The average molecular weight is 356 g/mol. The van der Waals surface area contributed by atoms with Gasteiger partial charge in [0.05, 0.1) is 5.02 Å². The Morgan fingerprint density at radius 1 is 1.35 bits per heavy atom. The summed E-state index contributed by atoms with van der Waals surface area (Å²) < 4.78 is 0.765. The van der Waals surface area contributed by atoms with Gasteiger partial charge in [-0.3, -0.25) is 4.79 Å². The third-order valence-electron chi connectivity index (χ3n) is 3.25. The standard InChI is InChI=1S/C13H12BrClN4O/c1-16-11-7-4-17-12(19-13(20)6-2-3-6)10(15)9(7)8(14)5-18-11/h4-6H,2-3H2,1H3,(H,16,18)(H,17,19,20). The van der Waals surface area contributed by atoms with Crippen molar-refractivity contribution in [1.29, 1.82) is 0 Å². The number of nitrogens with one attached hydrogen (secondary N) is 2.